The number of rotatable bonds is 3. The quantitative estimate of drug-likeness (QED) is 0.785. The molecule has 2 aromatic carbocycles. The van der Waals surface area contributed by atoms with Crippen molar-refractivity contribution in [2.45, 2.75) is 25.4 Å². The van der Waals surface area contributed by atoms with Crippen molar-refractivity contribution in [3.05, 3.63) is 65.7 Å². The van der Waals surface area contributed by atoms with Gasteiger partial charge >= 0.3 is 0 Å². The second-order valence-electron chi connectivity index (χ2n) is 8.66. The Bertz CT molecular complexity index is 928. The molecular formula is C24H29N3O3. The molecular weight excluding hydrogens is 378 g/mol. The standard InChI is InChI=1S/C24H29N3O3/c1-24(2)17-26(22(28)18-9-5-4-6-10-18)16-19-15-25(13-14-27(19)24)23(29)20-11-7-8-12-21(20)30-3/h4-12,19H,13-17H2,1-3H3/t19-/m0/s1. The van der Waals surface area contributed by atoms with E-state index in [9.17, 15) is 9.59 Å². The normalized spacial score (nSPS) is 21.1. The molecule has 158 valence electrons. The molecule has 2 aliphatic rings. The summed E-state index contributed by atoms with van der Waals surface area (Å²) in [5.41, 5.74) is 1.15. The second kappa shape index (κ2) is 8.11. The number of methoxy groups -OCH3 is 1. The minimum atomic E-state index is -0.146. The van der Waals surface area contributed by atoms with Crippen LogP contribution in [0.15, 0.2) is 54.6 Å². The summed E-state index contributed by atoms with van der Waals surface area (Å²) >= 11 is 0. The molecule has 0 aromatic heterocycles. The van der Waals surface area contributed by atoms with Crippen LogP contribution >= 0.6 is 0 Å². The maximum atomic E-state index is 13.2. The molecule has 2 saturated heterocycles. The first-order valence-electron chi connectivity index (χ1n) is 10.4. The topological polar surface area (TPSA) is 53.1 Å². The lowest BCUT2D eigenvalue weighted by Crippen LogP contribution is -2.70. The first-order chi connectivity index (χ1) is 14.4. The fraction of sp³-hybridized carbons (Fsp3) is 0.417. The van der Waals surface area contributed by atoms with Crippen molar-refractivity contribution in [1.29, 1.82) is 0 Å². The lowest BCUT2D eigenvalue weighted by molar-refractivity contribution is -0.0507. The maximum absolute atomic E-state index is 13.2. The van der Waals surface area contributed by atoms with Gasteiger partial charge in [-0.3, -0.25) is 14.5 Å². The number of hydrogen-bond donors (Lipinski definition) is 0. The van der Waals surface area contributed by atoms with Crippen LogP contribution in [0, 0.1) is 0 Å². The van der Waals surface area contributed by atoms with Crippen LogP contribution in [0.25, 0.3) is 0 Å². The van der Waals surface area contributed by atoms with Gasteiger partial charge in [-0.25, -0.2) is 0 Å². The van der Waals surface area contributed by atoms with Crippen LogP contribution in [-0.2, 0) is 0 Å². The van der Waals surface area contributed by atoms with Crippen molar-refractivity contribution in [2.24, 2.45) is 0 Å². The van der Waals surface area contributed by atoms with E-state index < -0.39 is 0 Å². The number of piperazine rings is 2. The van der Waals surface area contributed by atoms with Crippen molar-refractivity contribution in [1.82, 2.24) is 14.7 Å². The van der Waals surface area contributed by atoms with Gasteiger partial charge in [-0.1, -0.05) is 30.3 Å². The summed E-state index contributed by atoms with van der Waals surface area (Å²) in [6.45, 7) is 7.73. The van der Waals surface area contributed by atoms with Crippen LogP contribution in [0.3, 0.4) is 0 Å². The van der Waals surface area contributed by atoms with Gasteiger partial charge in [0.05, 0.1) is 12.7 Å². The number of carbonyl (C=O) groups is 2. The van der Waals surface area contributed by atoms with Gasteiger partial charge in [0.1, 0.15) is 5.75 Å². The Kier molecular flexibility index (Phi) is 5.52. The fourth-order valence-corrected chi connectivity index (χ4v) is 4.78. The zero-order chi connectivity index (χ0) is 21.3. The smallest absolute Gasteiger partial charge is 0.257 e. The molecule has 6 heteroatoms. The van der Waals surface area contributed by atoms with E-state index in [1.807, 2.05) is 64.4 Å². The Morgan fingerprint density at radius 2 is 1.57 bits per heavy atom. The number of para-hydroxylation sites is 1. The van der Waals surface area contributed by atoms with Gasteiger partial charge in [-0.05, 0) is 38.1 Å². The van der Waals surface area contributed by atoms with E-state index in [4.69, 9.17) is 4.74 Å². The third-order valence-corrected chi connectivity index (χ3v) is 6.20. The molecule has 2 aliphatic heterocycles. The molecule has 2 fully saturated rings. The Hall–Kier alpha value is -2.86. The van der Waals surface area contributed by atoms with E-state index in [-0.39, 0.29) is 23.4 Å². The van der Waals surface area contributed by atoms with E-state index in [1.165, 1.54) is 0 Å². The Morgan fingerprint density at radius 1 is 0.900 bits per heavy atom. The van der Waals surface area contributed by atoms with E-state index in [2.05, 4.69) is 18.7 Å². The summed E-state index contributed by atoms with van der Waals surface area (Å²) in [5.74, 6) is 0.628. The molecule has 0 bridgehead atoms. The first-order valence-corrected chi connectivity index (χ1v) is 10.4. The highest BCUT2D eigenvalue weighted by Crippen LogP contribution is 2.30. The summed E-state index contributed by atoms with van der Waals surface area (Å²) in [4.78, 5) is 32.6. The summed E-state index contributed by atoms with van der Waals surface area (Å²) in [6, 6.07) is 16.9. The van der Waals surface area contributed by atoms with Gasteiger partial charge in [0.25, 0.3) is 11.8 Å². The highest BCUT2D eigenvalue weighted by Gasteiger charge is 2.44. The van der Waals surface area contributed by atoms with Crippen LogP contribution in [0.1, 0.15) is 34.6 Å². The average Bonchev–Trinajstić information content (AvgIpc) is 2.77. The number of hydrogen-bond acceptors (Lipinski definition) is 4. The summed E-state index contributed by atoms with van der Waals surface area (Å²) in [6.07, 6.45) is 0. The summed E-state index contributed by atoms with van der Waals surface area (Å²) < 4.78 is 5.38. The predicted octanol–water partition coefficient (Wildman–Crippen LogP) is 2.76. The summed E-state index contributed by atoms with van der Waals surface area (Å²) in [5, 5.41) is 0. The molecule has 2 amide bonds. The van der Waals surface area contributed by atoms with Gasteiger partial charge < -0.3 is 14.5 Å². The minimum absolute atomic E-state index is 0.0172. The Morgan fingerprint density at radius 3 is 2.30 bits per heavy atom. The molecule has 0 N–H and O–H groups in total. The van der Waals surface area contributed by atoms with Crippen LogP contribution in [-0.4, -0.2) is 77.9 Å². The largest absolute Gasteiger partial charge is 0.496 e. The van der Waals surface area contributed by atoms with E-state index in [1.54, 1.807) is 7.11 Å². The van der Waals surface area contributed by atoms with Crippen LogP contribution < -0.4 is 4.74 Å². The highest BCUT2D eigenvalue weighted by atomic mass is 16.5. The van der Waals surface area contributed by atoms with Gasteiger partial charge in [0.2, 0.25) is 0 Å². The maximum Gasteiger partial charge on any atom is 0.257 e. The van der Waals surface area contributed by atoms with E-state index in [0.717, 1.165) is 6.54 Å². The molecule has 2 heterocycles. The van der Waals surface area contributed by atoms with Crippen LogP contribution in [0.2, 0.25) is 0 Å². The van der Waals surface area contributed by atoms with E-state index >= 15 is 0 Å². The third-order valence-electron chi connectivity index (χ3n) is 6.20. The lowest BCUT2D eigenvalue weighted by Gasteiger charge is -2.55. The van der Waals surface area contributed by atoms with Gasteiger partial charge in [-0.15, -0.1) is 0 Å². The molecule has 0 aliphatic carbocycles. The predicted molar refractivity (Wildman–Crippen MR) is 116 cm³/mol. The highest BCUT2D eigenvalue weighted by molar-refractivity contribution is 5.97. The second-order valence-corrected chi connectivity index (χ2v) is 8.66. The van der Waals surface area contributed by atoms with Crippen molar-refractivity contribution in [2.75, 3.05) is 39.8 Å². The van der Waals surface area contributed by atoms with Crippen molar-refractivity contribution in [3.63, 3.8) is 0 Å². The van der Waals surface area contributed by atoms with Gasteiger partial charge in [-0.2, -0.15) is 0 Å². The zero-order valence-corrected chi connectivity index (χ0v) is 17.9. The molecule has 30 heavy (non-hydrogen) atoms. The Balaban J connectivity index is 1.53. The first kappa shape index (κ1) is 20.4. The lowest BCUT2D eigenvalue weighted by atomic mass is 9.92. The molecule has 4 rings (SSSR count). The molecule has 0 unspecified atom stereocenters. The zero-order valence-electron chi connectivity index (χ0n) is 17.9. The Labute approximate surface area is 178 Å². The molecule has 0 saturated carbocycles. The SMILES string of the molecule is COc1ccccc1C(=O)N1CCN2[C@H](CN(C(=O)c3ccccc3)CC2(C)C)C1. The van der Waals surface area contributed by atoms with Crippen LogP contribution in [0.5, 0.6) is 5.75 Å². The summed E-state index contributed by atoms with van der Waals surface area (Å²) in [7, 11) is 1.58. The molecule has 2 aromatic rings. The average molecular weight is 408 g/mol. The number of amides is 2. The fourth-order valence-electron chi connectivity index (χ4n) is 4.78. The molecule has 0 spiro atoms. The number of benzene rings is 2. The van der Waals surface area contributed by atoms with Gasteiger partial charge in [0, 0.05) is 49.9 Å². The van der Waals surface area contributed by atoms with Gasteiger partial charge in [0.15, 0.2) is 0 Å². The monoisotopic (exact) mass is 407 g/mol. The number of fused-ring (bicyclic) bond motifs is 1. The molecule has 1 atom stereocenters. The van der Waals surface area contributed by atoms with Crippen molar-refractivity contribution < 1.29 is 14.3 Å². The van der Waals surface area contributed by atoms with Crippen LogP contribution in [0.4, 0.5) is 0 Å². The number of nitrogens with zero attached hydrogens (tertiary/aromatic N) is 3. The number of carbonyl (C=O) groups excluding carboxylic acids is 2. The third kappa shape index (κ3) is 3.79. The molecule has 0 radical (unpaired) electrons. The number of ether oxygens (including phenoxy) is 1. The molecule has 6 nitrogen and oxygen atoms in total. The van der Waals surface area contributed by atoms with Crippen molar-refractivity contribution >= 4 is 11.8 Å². The van der Waals surface area contributed by atoms with E-state index in [0.29, 0.717) is 43.1 Å². The van der Waals surface area contributed by atoms with Crippen molar-refractivity contribution in [3.8, 4) is 5.75 Å². The minimum Gasteiger partial charge on any atom is -0.496 e.